The zero-order chi connectivity index (χ0) is 16.4. The number of fused-ring (bicyclic) bond motifs is 5. The maximum absolute atomic E-state index is 12.9. The molecule has 4 rings (SSSR count). The normalized spacial score (nSPS) is 31.7. The van der Waals surface area contributed by atoms with Crippen LogP contribution in [0.3, 0.4) is 0 Å². The SMILES string of the molecule is COc1cc2c(cn1)[C@]1(CC2)C[C@@H]2CC[C@H]1N2C(=O)C(F)(F)F. The van der Waals surface area contributed by atoms with Crippen LogP contribution in [0.2, 0.25) is 0 Å². The van der Waals surface area contributed by atoms with Gasteiger partial charge in [0.05, 0.1) is 7.11 Å². The zero-order valence-electron chi connectivity index (χ0n) is 12.7. The fraction of sp³-hybridized carbons (Fsp3) is 0.625. The van der Waals surface area contributed by atoms with Crippen molar-refractivity contribution in [1.82, 2.24) is 9.88 Å². The molecule has 2 aliphatic heterocycles. The molecule has 1 aromatic rings. The summed E-state index contributed by atoms with van der Waals surface area (Å²) in [6.45, 7) is 0. The highest BCUT2D eigenvalue weighted by atomic mass is 19.4. The number of amides is 1. The van der Waals surface area contributed by atoms with E-state index in [4.69, 9.17) is 4.74 Å². The lowest BCUT2D eigenvalue weighted by atomic mass is 9.70. The van der Waals surface area contributed by atoms with Gasteiger partial charge in [0.25, 0.3) is 0 Å². The van der Waals surface area contributed by atoms with Crippen molar-refractivity contribution in [3.05, 3.63) is 23.4 Å². The lowest BCUT2D eigenvalue weighted by Crippen LogP contribution is -2.47. The number of alkyl halides is 3. The highest BCUT2D eigenvalue weighted by Gasteiger charge is 2.63. The minimum atomic E-state index is -4.80. The molecule has 3 atom stereocenters. The molecule has 3 aliphatic rings. The van der Waals surface area contributed by atoms with Gasteiger partial charge in [-0.15, -0.1) is 0 Å². The van der Waals surface area contributed by atoms with Crippen LogP contribution < -0.4 is 4.74 Å². The number of ether oxygens (including phenoxy) is 1. The van der Waals surface area contributed by atoms with Gasteiger partial charge in [-0.05, 0) is 43.2 Å². The van der Waals surface area contributed by atoms with Gasteiger partial charge in [0.15, 0.2) is 0 Å². The molecule has 1 aliphatic carbocycles. The molecule has 0 unspecified atom stereocenters. The monoisotopic (exact) mass is 326 g/mol. The van der Waals surface area contributed by atoms with Crippen LogP contribution in [0.15, 0.2) is 12.3 Å². The minimum absolute atomic E-state index is 0.304. The van der Waals surface area contributed by atoms with E-state index in [9.17, 15) is 18.0 Å². The number of aryl methyl sites for hydroxylation is 1. The number of carbonyl (C=O) groups is 1. The number of hydrogen-bond acceptors (Lipinski definition) is 3. The first-order chi connectivity index (χ1) is 10.9. The molecule has 2 bridgehead atoms. The Balaban J connectivity index is 1.72. The molecule has 3 heterocycles. The van der Waals surface area contributed by atoms with Crippen molar-refractivity contribution < 1.29 is 22.7 Å². The largest absolute Gasteiger partial charge is 0.481 e. The van der Waals surface area contributed by atoms with Crippen LogP contribution in [0.1, 0.15) is 36.8 Å². The van der Waals surface area contributed by atoms with Crippen LogP contribution in [-0.4, -0.2) is 41.2 Å². The number of hydrogen-bond donors (Lipinski definition) is 0. The molecule has 2 fully saturated rings. The Morgan fingerprint density at radius 2 is 2.22 bits per heavy atom. The van der Waals surface area contributed by atoms with Gasteiger partial charge < -0.3 is 9.64 Å². The summed E-state index contributed by atoms with van der Waals surface area (Å²) in [7, 11) is 1.54. The van der Waals surface area contributed by atoms with Gasteiger partial charge in [-0.3, -0.25) is 4.79 Å². The number of methoxy groups -OCH3 is 1. The third-order valence-corrected chi connectivity index (χ3v) is 5.77. The van der Waals surface area contributed by atoms with Crippen molar-refractivity contribution in [3.8, 4) is 5.88 Å². The summed E-state index contributed by atoms with van der Waals surface area (Å²) in [4.78, 5) is 17.2. The van der Waals surface area contributed by atoms with Gasteiger partial charge >= 0.3 is 12.1 Å². The maximum Gasteiger partial charge on any atom is 0.471 e. The Bertz CT molecular complexity index is 676. The molecule has 0 aromatic carbocycles. The summed E-state index contributed by atoms with van der Waals surface area (Å²) in [5, 5.41) is 0. The van der Waals surface area contributed by atoms with Gasteiger partial charge in [-0.1, -0.05) is 0 Å². The molecule has 1 amide bonds. The van der Waals surface area contributed by atoms with E-state index in [0.29, 0.717) is 25.1 Å². The van der Waals surface area contributed by atoms with Crippen LogP contribution >= 0.6 is 0 Å². The number of nitrogens with zero attached hydrogens (tertiary/aromatic N) is 2. The third-order valence-electron chi connectivity index (χ3n) is 5.77. The minimum Gasteiger partial charge on any atom is -0.481 e. The van der Waals surface area contributed by atoms with Gasteiger partial charge in [-0.2, -0.15) is 13.2 Å². The molecule has 1 aromatic heterocycles. The van der Waals surface area contributed by atoms with Gasteiger partial charge in [0.2, 0.25) is 5.88 Å². The fourth-order valence-corrected chi connectivity index (χ4v) is 4.93. The maximum atomic E-state index is 12.9. The van der Waals surface area contributed by atoms with E-state index in [2.05, 4.69) is 4.98 Å². The zero-order valence-corrected chi connectivity index (χ0v) is 12.7. The summed E-state index contributed by atoms with van der Waals surface area (Å²) in [5.41, 5.74) is 1.73. The van der Waals surface area contributed by atoms with E-state index >= 15 is 0 Å². The Morgan fingerprint density at radius 1 is 1.43 bits per heavy atom. The second kappa shape index (κ2) is 4.61. The van der Waals surface area contributed by atoms with Crippen molar-refractivity contribution in [3.63, 3.8) is 0 Å². The molecule has 0 saturated carbocycles. The van der Waals surface area contributed by atoms with Gasteiger partial charge in [0, 0.05) is 29.8 Å². The first kappa shape index (κ1) is 14.8. The topological polar surface area (TPSA) is 42.4 Å². The van der Waals surface area contributed by atoms with Crippen molar-refractivity contribution in [1.29, 1.82) is 0 Å². The number of halogens is 3. The molecule has 1 spiro atoms. The van der Waals surface area contributed by atoms with Crippen LogP contribution in [0.4, 0.5) is 13.2 Å². The average molecular weight is 326 g/mol. The first-order valence-electron chi connectivity index (χ1n) is 7.80. The fourth-order valence-electron chi connectivity index (χ4n) is 4.93. The second-order valence-electron chi connectivity index (χ2n) is 6.70. The van der Waals surface area contributed by atoms with Crippen LogP contribution in [-0.2, 0) is 16.6 Å². The van der Waals surface area contributed by atoms with Gasteiger partial charge in [0.1, 0.15) is 0 Å². The molecule has 23 heavy (non-hydrogen) atoms. The highest BCUT2D eigenvalue weighted by Crippen LogP contribution is 2.57. The lowest BCUT2D eigenvalue weighted by molar-refractivity contribution is -0.187. The van der Waals surface area contributed by atoms with E-state index in [1.54, 1.807) is 13.3 Å². The predicted molar refractivity (Wildman–Crippen MR) is 75.1 cm³/mol. The first-order valence-corrected chi connectivity index (χ1v) is 7.80. The molecule has 4 nitrogen and oxygen atoms in total. The molecule has 2 saturated heterocycles. The molecule has 124 valence electrons. The standard InChI is InChI=1S/C16H17F3N2O2/c1-23-13-6-9-4-5-15(11(9)8-20-13)7-10-2-3-12(15)21(10)14(22)16(17,18)19/h6,8,10,12H,2-5,7H2,1H3/t10-,12+,15-/m0/s1. The number of carbonyl (C=O) groups excluding carboxylic acids is 1. The van der Waals surface area contributed by atoms with Crippen molar-refractivity contribution in [2.45, 2.75) is 55.8 Å². The summed E-state index contributed by atoms with van der Waals surface area (Å²) in [5.74, 6) is -1.16. The summed E-state index contributed by atoms with van der Waals surface area (Å²) in [6.07, 6.45) is 0.418. The highest BCUT2D eigenvalue weighted by molar-refractivity contribution is 5.83. The molecular weight excluding hydrogens is 309 g/mol. The summed E-state index contributed by atoms with van der Waals surface area (Å²) in [6, 6.07) is 1.20. The molecule has 0 radical (unpaired) electrons. The van der Waals surface area contributed by atoms with Crippen molar-refractivity contribution in [2.75, 3.05) is 7.11 Å². The van der Waals surface area contributed by atoms with E-state index in [-0.39, 0.29) is 17.5 Å². The quantitative estimate of drug-likeness (QED) is 0.797. The van der Waals surface area contributed by atoms with Crippen molar-refractivity contribution >= 4 is 5.91 Å². The Morgan fingerprint density at radius 3 is 2.91 bits per heavy atom. The number of aromatic nitrogens is 1. The predicted octanol–water partition coefficient (Wildman–Crippen LogP) is 2.60. The Hall–Kier alpha value is -1.79. The molecule has 7 heteroatoms. The lowest BCUT2D eigenvalue weighted by Gasteiger charge is -2.34. The third kappa shape index (κ3) is 1.91. The number of pyridine rings is 1. The molecule has 0 N–H and O–H groups in total. The second-order valence-corrected chi connectivity index (χ2v) is 6.70. The Kier molecular flexibility index (Phi) is 2.96. The summed E-state index contributed by atoms with van der Waals surface area (Å²) >= 11 is 0. The Labute approximate surface area is 131 Å². The van der Waals surface area contributed by atoms with Crippen molar-refractivity contribution in [2.24, 2.45) is 0 Å². The smallest absolute Gasteiger partial charge is 0.471 e. The molecular formula is C16H17F3N2O2. The van der Waals surface area contributed by atoms with E-state index in [0.717, 1.165) is 28.9 Å². The average Bonchev–Trinajstić information content (AvgIpc) is 3.17. The summed E-state index contributed by atoms with van der Waals surface area (Å²) < 4.78 is 43.9. The van der Waals surface area contributed by atoms with Crippen LogP contribution in [0, 0.1) is 0 Å². The van der Waals surface area contributed by atoms with E-state index in [1.807, 2.05) is 6.07 Å². The van der Waals surface area contributed by atoms with Gasteiger partial charge in [-0.25, -0.2) is 4.98 Å². The van der Waals surface area contributed by atoms with Crippen LogP contribution in [0.5, 0.6) is 5.88 Å². The van der Waals surface area contributed by atoms with E-state index in [1.165, 1.54) is 0 Å². The van der Waals surface area contributed by atoms with E-state index < -0.39 is 12.1 Å². The van der Waals surface area contributed by atoms with Crippen LogP contribution in [0.25, 0.3) is 0 Å². The number of rotatable bonds is 1.